The number of fused-ring (bicyclic) bond motifs is 1. The number of hydrogen-bond donors (Lipinski definition) is 0. The Balaban J connectivity index is 2.31. The summed E-state index contributed by atoms with van der Waals surface area (Å²) in [5.74, 6) is 1.05. The summed E-state index contributed by atoms with van der Waals surface area (Å²) in [4.78, 5) is 4.29. The monoisotopic (exact) mass is 161 g/mol. The molecule has 2 rings (SSSR count). The van der Waals surface area contributed by atoms with Gasteiger partial charge in [0.1, 0.15) is 0 Å². The van der Waals surface area contributed by atoms with E-state index in [0.717, 1.165) is 18.6 Å². The van der Waals surface area contributed by atoms with E-state index in [0.29, 0.717) is 0 Å². The number of rotatable bonds is 1. The Morgan fingerprint density at radius 3 is 3.25 bits per heavy atom. The molecule has 2 nitrogen and oxygen atoms in total. The second-order valence-corrected chi connectivity index (χ2v) is 2.86. The normalized spacial score (nSPS) is 14.9. The standard InChI is InChI=1S/C10H11NO/c1-12-9-4-5-10-8(7-9)3-2-6-11-10/h2-4,6H,5,7H2,1H3. The Labute approximate surface area is 71.9 Å². The van der Waals surface area contributed by atoms with Crippen LogP contribution in [-0.2, 0) is 17.6 Å². The second-order valence-electron chi connectivity index (χ2n) is 2.86. The van der Waals surface area contributed by atoms with Crippen LogP contribution in [0.25, 0.3) is 0 Å². The minimum atomic E-state index is 0.889. The SMILES string of the molecule is COC1=CCc2ncccc2C1. The Bertz CT molecular complexity index is 317. The van der Waals surface area contributed by atoms with Crippen LogP contribution < -0.4 is 0 Å². The van der Waals surface area contributed by atoms with Crippen molar-refractivity contribution in [1.29, 1.82) is 0 Å². The van der Waals surface area contributed by atoms with E-state index in [1.807, 2.05) is 12.3 Å². The van der Waals surface area contributed by atoms with Gasteiger partial charge in [-0.15, -0.1) is 0 Å². The van der Waals surface area contributed by atoms with Crippen molar-refractivity contribution in [2.24, 2.45) is 0 Å². The maximum atomic E-state index is 5.18. The molecule has 0 saturated heterocycles. The lowest BCUT2D eigenvalue weighted by molar-refractivity contribution is 0.279. The minimum Gasteiger partial charge on any atom is -0.501 e. The van der Waals surface area contributed by atoms with Gasteiger partial charge in [0.05, 0.1) is 12.9 Å². The lowest BCUT2D eigenvalue weighted by Gasteiger charge is -2.14. The lowest BCUT2D eigenvalue weighted by atomic mass is 10.0. The smallest absolute Gasteiger partial charge is 0.0964 e. The van der Waals surface area contributed by atoms with Crippen LogP contribution in [0.1, 0.15) is 11.3 Å². The highest BCUT2D eigenvalue weighted by Gasteiger charge is 2.10. The molecule has 0 fully saturated rings. The van der Waals surface area contributed by atoms with Gasteiger partial charge in [0.15, 0.2) is 0 Å². The minimum absolute atomic E-state index is 0.889. The van der Waals surface area contributed by atoms with Crippen LogP contribution in [0.3, 0.4) is 0 Å². The fourth-order valence-electron chi connectivity index (χ4n) is 1.44. The quantitative estimate of drug-likeness (QED) is 0.625. The third-order valence-electron chi connectivity index (χ3n) is 2.13. The Hall–Kier alpha value is -1.31. The molecule has 1 aromatic heterocycles. The molecule has 12 heavy (non-hydrogen) atoms. The first-order valence-electron chi connectivity index (χ1n) is 4.06. The number of methoxy groups -OCH3 is 1. The van der Waals surface area contributed by atoms with Crippen LogP contribution in [0.2, 0.25) is 0 Å². The van der Waals surface area contributed by atoms with Crippen LogP contribution in [0.5, 0.6) is 0 Å². The van der Waals surface area contributed by atoms with E-state index in [2.05, 4.69) is 17.1 Å². The number of allylic oxidation sites excluding steroid dienone is 2. The highest BCUT2D eigenvalue weighted by molar-refractivity contribution is 5.29. The fraction of sp³-hybridized carbons (Fsp3) is 0.300. The van der Waals surface area contributed by atoms with Gasteiger partial charge in [0.25, 0.3) is 0 Å². The summed E-state index contributed by atoms with van der Waals surface area (Å²) in [5.41, 5.74) is 2.47. The van der Waals surface area contributed by atoms with Crippen LogP contribution >= 0.6 is 0 Å². The topological polar surface area (TPSA) is 22.1 Å². The lowest BCUT2D eigenvalue weighted by Crippen LogP contribution is -2.05. The molecule has 0 radical (unpaired) electrons. The molecule has 0 aliphatic heterocycles. The van der Waals surface area contributed by atoms with E-state index in [1.54, 1.807) is 7.11 Å². The molecule has 0 saturated carbocycles. The Morgan fingerprint density at radius 1 is 1.50 bits per heavy atom. The highest BCUT2D eigenvalue weighted by Crippen LogP contribution is 2.18. The van der Waals surface area contributed by atoms with Gasteiger partial charge in [0, 0.05) is 24.7 Å². The maximum absolute atomic E-state index is 5.18. The van der Waals surface area contributed by atoms with Gasteiger partial charge < -0.3 is 4.74 Å². The molecule has 1 aliphatic rings. The predicted octanol–water partition coefficient (Wildman–Crippen LogP) is 1.71. The van der Waals surface area contributed by atoms with Crippen molar-refractivity contribution in [1.82, 2.24) is 4.98 Å². The molecule has 62 valence electrons. The zero-order valence-electron chi connectivity index (χ0n) is 7.08. The van der Waals surface area contributed by atoms with E-state index < -0.39 is 0 Å². The van der Waals surface area contributed by atoms with Crippen molar-refractivity contribution in [3.8, 4) is 0 Å². The molecule has 0 atom stereocenters. The summed E-state index contributed by atoms with van der Waals surface area (Å²) in [6, 6.07) is 4.08. The van der Waals surface area contributed by atoms with Crippen LogP contribution in [0.4, 0.5) is 0 Å². The molecule has 0 aromatic carbocycles. The highest BCUT2D eigenvalue weighted by atomic mass is 16.5. The van der Waals surface area contributed by atoms with Gasteiger partial charge in [-0.1, -0.05) is 6.07 Å². The van der Waals surface area contributed by atoms with Crippen molar-refractivity contribution in [3.63, 3.8) is 0 Å². The average molecular weight is 161 g/mol. The zero-order chi connectivity index (χ0) is 8.39. The third kappa shape index (κ3) is 1.20. The van der Waals surface area contributed by atoms with Crippen molar-refractivity contribution in [2.75, 3.05) is 7.11 Å². The van der Waals surface area contributed by atoms with E-state index in [1.165, 1.54) is 11.3 Å². The molecule has 1 aliphatic carbocycles. The van der Waals surface area contributed by atoms with Crippen molar-refractivity contribution >= 4 is 0 Å². The van der Waals surface area contributed by atoms with Gasteiger partial charge in [-0.2, -0.15) is 0 Å². The molecule has 1 heterocycles. The number of ether oxygens (including phenoxy) is 1. The number of hydrogen-bond acceptors (Lipinski definition) is 2. The van der Waals surface area contributed by atoms with Crippen LogP contribution in [-0.4, -0.2) is 12.1 Å². The molecule has 0 bridgehead atoms. The first-order chi connectivity index (χ1) is 5.90. The number of pyridine rings is 1. The van der Waals surface area contributed by atoms with E-state index >= 15 is 0 Å². The predicted molar refractivity (Wildman–Crippen MR) is 46.7 cm³/mol. The van der Waals surface area contributed by atoms with Gasteiger partial charge in [-0.3, -0.25) is 4.98 Å². The second kappa shape index (κ2) is 2.97. The van der Waals surface area contributed by atoms with Crippen molar-refractivity contribution in [3.05, 3.63) is 41.4 Å². The summed E-state index contributed by atoms with van der Waals surface area (Å²) < 4.78 is 5.18. The summed E-state index contributed by atoms with van der Waals surface area (Å²) in [6.45, 7) is 0. The maximum Gasteiger partial charge on any atom is 0.0964 e. The van der Waals surface area contributed by atoms with Gasteiger partial charge >= 0.3 is 0 Å². The molecule has 0 N–H and O–H groups in total. The third-order valence-corrected chi connectivity index (χ3v) is 2.13. The molecule has 0 unspecified atom stereocenters. The number of aromatic nitrogens is 1. The Kier molecular flexibility index (Phi) is 1.82. The number of nitrogens with zero attached hydrogens (tertiary/aromatic N) is 1. The van der Waals surface area contributed by atoms with Crippen molar-refractivity contribution < 1.29 is 4.74 Å². The largest absolute Gasteiger partial charge is 0.501 e. The van der Waals surface area contributed by atoms with Gasteiger partial charge in [0.2, 0.25) is 0 Å². The fourth-order valence-corrected chi connectivity index (χ4v) is 1.44. The van der Waals surface area contributed by atoms with E-state index in [4.69, 9.17) is 4.74 Å². The average Bonchev–Trinajstić information content (AvgIpc) is 2.17. The van der Waals surface area contributed by atoms with Crippen LogP contribution in [0, 0.1) is 0 Å². The van der Waals surface area contributed by atoms with Gasteiger partial charge in [-0.05, 0) is 17.7 Å². The molecule has 2 heteroatoms. The summed E-state index contributed by atoms with van der Waals surface area (Å²) >= 11 is 0. The summed E-state index contributed by atoms with van der Waals surface area (Å²) in [7, 11) is 1.72. The zero-order valence-corrected chi connectivity index (χ0v) is 7.08. The van der Waals surface area contributed by atoms with Gasteiger partial charge in [-0.25, -0.2) is 0 Å². The first kappa shape index (κ1) is 7.35. The molecule has 1 aromatic rings. The Morgan fingerprint density at radius 2 is 2.42 bits per heavy atom. The van der Waals surface area contributed by atoms with E-state index in [9.17, 15) is 0 Å². The van der Waals surface area contributed by atoms with Crippen LogP contribution in [0.15, 0.2) is 30.2 Å². The first-order valence-corrected chi connectivity index (χ1v) is 4.06. The summed E-state index contributed by atoms with van der Waals surface area (Å²) in [6.07, 6.45) is 5.72. The summed E-state index contributed by atoms with van der Waals surface area (Å²) in [5, 5.41) is 0. The molecular weight excluding hydrogens is 150 g/mol. The molecule has 0 spiro atoms. The molecule has 0 amide bonds. The molecular formula is C10H11NO. The van der Waals surface area contributed by atoms with E-state index in [-0.39, 0.29) is 0 Å². The van der Waals surface area contributed by atoms with Crippen molar-refractivity contribution in [2.45, 2.75) is 12.8 Å².